The fourth-order valence-electron chi connectivity index (χ4n) is 9.43. The van der Waals surface area contributed by atoms with E-state index in [9.17, 15) is 0 Å². The summed E-state index contributed by atoms with van der Waals surface area (Å²) in [6, 6.07) is 0. The summed E-state index contributed by atoms with van der Waals surface area (Å²) in [5, 5.41) is 0. The molecule has 9 fully saturated rings. The summed E-state index contributed by atoms with van der Waals surface area (Å²) < 4.78 is 0. The van der Waals surface area contributed by atoms with Crippen LogP contribution in [0.15, 0.2) is 0 Å². The molecule has 90 valence electrons. The van der Waals surface area contributed by atoms with Gasteiger partial charge in [0.15, 0.2) is 0 Å². The minimum absolute atomic E-state index is 1.25. The molecule has 0 aliphatic heterocycles. The molecule has 17 heavy (non-hydrogen) atoms. The maximum atomic E-state index is 1.64. The van der Waals surface area contributed by atoms with Gasteiger partial charge in [-0.3, -0.25) is 0 Å². The third-order valence-corrected chi connectivity index (χ3v) is 9.43. The van der Waals surface area contributed by atoms with Crippen LogP contribution in [0.5, 0.6) is 0 Å². The van der Waals surface area contributed by atoms with E-state index < -0.39 is 0 Å². The highest BCUT2D eigenvalue weighted by molar-refractivity contribution is 5.32. The molecule has 0 amide bonds. The van der Waals surface area contributed by atoms with Gasteiger partial charge < -0.3 is 0 Å². The highest BCUT2D eigenvalue weighted by Gasteiger charge is 2.85. The molecule has 4 bridgehead atoms. The molecule has 0 aromatic rings. The van der Waals surface area contributed by atoms with Crippen molar-refractivity contribution >= 4 is 0 Å². The molecule has 0 N–H and O–H groups in total. The molecule has 0 radical (unpaired) electrons. The molecule has 9 saturated carbocycles. The van der Waals surface area contributed by atoms with Crippen molar-refractivity contribution in [2.24, 2.45) is 71.0 Å². The van der Waals surface area contributed by atoms with E-state index >= 15 is 0 Å². The van der Waals surface area contributed by atoms with Gasteiger partial charge in [0, 0.05) is 0 Å². The Morgan fingerprint density at radius 1 is 0.353 bits per heavy atom. The van der Waals surface area contributed by atoms with E-state index in [4.69, 9.17) is 0 Å². The third kappa shape index (κ3) is 0.558. The van der Waals surface area contributed by atoms with Gasteiger partial charge in [-0.2, -0.15) is 0 Å². The Morgan fingerprint density at radius 2 is 0.706 bits per heavy atom. The van der Waals surface area contributed by atoms with Crippen molar-refractivity contribution < 1.29 is 0 Å². The number of fused-ring (bicyclic) bond motifs is 2. The molecule has 8 atom stereocenters. The molecule has 0 heterocycles. The molecular weight excluding hydrogens is 204 g/mol. The molecule has 0 heteroatoms. The topological polar surface area (TPSA) is 0 Å². The summed E-state index contributed by atoms with van der Waals surface area (Å²) in [5.74, 6) is 15.4. The summed E-state index contributed by atoms with van der Waals surface area (Å²) in [5.41, 5.74) is 0. The number of hydrogen-bond donors (Lipinski definition) is 0. The number of hydrogen-bond acceptors (Lipinski definition) is 0. The Bertz CT molecular complexity index is 391. The van der Waals surface area contributed by atoms with Crippen LogP contribution in [0.1, 0.15) is 32.1 Å². The van der Waals surface area contributed by atoms with Crippen LogP contribution in [-0.2, 0) is 0 Å². The van der Waals surface area contributed by atoms with E-state index in [1.807, 2.05) is 0 Å². The van der Waals surface area contributed by atoms with E-state index in [0.29, 0.717) is 0 Å². The second-order valence-corrected chi connectivity index (χ2v) is 8.78. The SMILES string of the molecule is C1CC2C(C1)C1C2C2C3C4C5CCC5C4C2C13. The van der Waals surface area contributed by atoms with Crippen LogP contribution in [0.2, 0.25) is 0 Å². The van der Waals surface area contributed by atoms with Crippen molar-refractivity contribution in [2.45, 2.75) is 32.1 Å². The van der Waals surface area contributed by atoms with Gasteiger partial charge in [0.05, 0.1) is 0 Å². The summed E-state index contributed by atoms with van der Waals surface area (Å²) in [4.78, 5) is 0. The van der Waals surface area contributed by atoms with Crippen molar-refractivity contribution in [1.82, 2.24) is 0 Å². The van der Waals surface area contributed by atoms with Gasteiger partial charge in [-0.25, -0.2) is 0 Å². The van der Waals surface area contributed by atoms with Gasteiger partial charge in [0.2, 0.25) is 0 Å². The standard InChI is InChI=1S/C17H22/c1-2-6-7(3-1)11-10(6)14-16-12-8-4-5-9(8)13(12)17(14)15(11)16/h6-17H,1-5H2. The fourth-order valence-corrected chi connectivity index (χ4v) is 9.43. The fraction of sp³-hybridized carbons (Fsp3) is 1.00. The van der Waals surface area contributed by atoms with Gasteiger partial charge in [-0.05, 0) is 96.7 Å². The third-order valence-electron chi connectivity index (χ3n) is 9.43. The second-order valence-electron chi connectivity index (χ2n) is 8.78. The van der Waals surface area contributed by atoms with Crippen LogP contribution < -0.4 is 0 Å². The van der Waals surface area contributed by atoms with Crippen molar-refractivity contribution in [1.29, 1.82) is 0 Å². The average molecular weight is 226 g/mol. The van der Waals surface area contributed by atoms with E-state index in [-0.39, 0.29) is 0 Å². The molecule has 0 saturated heterocycles. The van der Waals surface area contributed by atoms with E-state index in [1.54, 1.807) is 32.1 Å². The predicted molar refractivity (Wildman–Crippen MR) is 65.0 cm³/mol. The lowest BCUT2D eigenvalue weighted by Gasteiger charge is -2.57. The van der Waals surface area contributed by atoms with E-state index in [1.165, 1.54) is 71.0 Å². The van der Waals surface area contributed by atoms with Crippen molar-refractivity contribution in [3.63, 3.8) is 0 Å². The largest absolute Gasteiger partial charge is 0.0527 e. The monoisotopic (exact) mass is 226 g/mol. The minimum Gasteiger partial charge on any atom is -0.0527 e. The quantitative estimate of drug-likeness (QED) is 0.593. The van der Waals surface area contributed by atoms with E-state index in [2.05, 4.69) is 0 Å². The Kier molecular flexibility index (Phi) is 1.04. The van der Waals surface area contributed by atoms with Crippen LogP contribution in [0.25, 0.3) is 0 Å². The summed E-state index contributed by atoms with van der Waals surface area (Å²) in [6.45, 7) is 0. The average Bonchev–Trinajstić information content (AvgIpc) is 2.93. The molecule has 0 nitrogen and oxygen atoms in total. The van der Waals surface area contributed by atoms with Crippen molar-refractivity contribution in [3.05, 3.63) is 0 Å². The zero-order chi connectivity index (χ0) is 10.5. The Hall–Kier alpha value is 0. The van der Waals surface area contributed by atoms with Gasteiger partial charge in [-0.1, -0.05) is 6.42 Å². The molecule has 0 aromatic carbocycles. The van der Waals surface area contributed by atoms with Crippen LogP contribution in [-0.4, -0.2) is 0 Å². The van der Waals surface area contributed by atoms with Gasteiger partial charge >= 0.3 is 0 Å². The smallest absolute Gasteiger partial charge is 0.0312 e. The second kappa shape index (κ2) is 2.14. The zero-order valence-corrected chi connectivity index (χ0v) is 10.5. The van der Waals surface area contributed by atoms with Crippen LogP contribution in [0.3, 0.4) is 0 Å². The lowest BCUT2D eigenvalue weighted by Crippen LogP contribution is -2.51. The van der Waals surface area contributed by atoms with Gasteiger partial charge in [-0.15, -0.1) is 0 Å². The Labute approximate surface area is 104 Å². The van der Waals surface area contributed by atoms with Crippen molar-refractivity contribution in [2.75, 3.05) is 0 Å². The van der Waals surface area contributed by atoms with E-state index in [0.717, 1.165) is 0 Å². The van der Waals surface area contributed by atoms with Crippen LogP contribution in [0.4, 0.5) is 0 Å². The normalized spacial score (nSPS) is 83.3. The predicted octanol–water partition coefficient (Wildman–Crippen LogP) is 3.43. The molecule has 9 aliphatic rings. The van der Waals surface area contributed by atoms with Crippen molar-refractivity contribution in [3.8, 4) is 0 Å². The summed E-state index contributed by atoms with van der Waals surface area (Å²) in [6.07, 6.45) is 8.13. The Morgan fingerprint density at radius 3 is 1.06 bits per heavy atom. The van der Waals surface area contributed by atoms with Crippen LogP contribution >= 0.6 is 0 Å². The first kappa shape index (κ1) is 8.23. The van der Waals surface area contributed by atoms with Gasteiger partial charge in [0.25, 0.3) is 0 Å². The first-order valence-electron chi connectivity index (χ1n) is 8.47. The highest BCUT2D eigenvalue weighted by atomic mass is 14.9. The lowest BCUT2D eigenvalue weighted by molar-refractivity contribution is -0.0852. The molecular formula is C17H22. The molecule has 9 aliphatic carbocycles. The molecule has 9 rings (SSSR count). The summed E-state index contributed by atoms with van der Waals surface area (Å²) in [7, 11) is 0. The Balaban J connectivity index is 1.35. The zero-order valence-electron chi connectivity index (χ0n) is 10.5. The first-order valence-corrected chi connectivity index (χ1v) is 8.47. The highest BCUT2D eigenvalue weighted by Crippen LogP contribution is 2.89. The van der Waals surface area contributed by atoms with Gasteiger partial charge in [0.1, 0.15) is 0 Å². The first-order chi connectivity index (χ1) is 8.47. The maximum Gasteiger partial charge on any atom is -0.0312 e. The molecule has 0 spiro atoms. The molecule has 0 aromatic heterocycles. The lowest BCUT2D eigenvalue weighted by atomic mass is 9.48. The number of rotatable bonds is 0. The minimum atomic E-state index is 1.25. The molecule has 8 unspecified atom stereocenters. The maximum absolute atomic E-state index is 1.64. The van der Waals surface area contributed by atoms with Crippen LogP contribution in [0, 0.1) is 71.0 Å². The summed E-state index contributed by atoms with van der Waals surface area (Å²) >= 11 is 0.